The maximum atomic E-state index is 12.5. The van der Waals surface area contributed by atoms with Gasteiger partial charge in [-0.15, -0.1) is 0 Å². The number of hydrogen-bond donors (Lipinski definition) is 0. The van der Waals surface area contributed by atoms with Gasteiger partial charge in [-0.3, -0.25) is 9.69 Å². The highest BCUT2D eigenvalue weighted by molar-refractivity contribution is 5.76. The second-order valence-electron chi connectivity index (χ2n) is 8.12. The fourth-order valence-corrected chi connectivity index (χ4v) is 4.15. The minimum absolute atomic E-state index is 0.316. The Bertz CT molecular complexity index is 650. The molecule has 0 unspecified atom stereocenters. The lowest BCUT2D eigenvalue weighted by Crippen LogP contribution is -2.49. The van der Waals surface area contributed by atoms with Crippen molar-refractivity contribution in [2.24, 2.45) is 5.92 Å². The molecule has 6 heteroatoms. The first-order valence-corrected chi connectivity index (χ1v) is 10.3. The van der Waals surface area contributed by atoms with Gasteiger partial charge in [-0.25, -0.2) is 0 Å². The first-order chi connectivity index (χ1) is 13.2. The van der Waals surface area contributed by atoms with Crippen molar-refractivity contribution in [2.45, 2.75) is 32.7 Å². The largest absolute Gasteiger partial charge is 0.454 e. The second-order valence-corrected chi connectivity index (χ2v) is 8.12. The number of hydrogen-bond acceptors (Lipinski definition) is 5. The minimum Gasteiger partial charge on any atom is -0.454 e. The van der Waals surface area contributed by atoms with Crippen molar-refractivity contribution in [1.29, 1.82) is 0 Å². The van der Waals surface area contributed by atoms with Gasteiger partial charge in [-0.2, -0.15) is 0 Å². The van der Waals surface area contributed by atoms with Gasteiger partial charge < -0.3 is 19.3 Å². The number of benzene rings is 1. The van der Waals surface area contributed by atoms with Crippen molar-refractivity contribution in [3.63, 3.8) is 0 Å². The summed E-state index contributed by atoms with van der Waals surface area (Å²) in [4.78, 5) is 19.5. The smallest absolute Gasteiger partial charge is 0.231 e. The van der Waals surface area contributed by atoms with Crippen molar-refractivity contribution >= 4 is 5.91 Å². The maximum Gasteiger partial charge on any atom is 0.231 e. The number of nitrogens with zero attached hydrogens (tertiary/aromatic N) is 3. The summed E-state index contributed by atoms with van der Waals surface area (Å²) >= 11 is 0. The molecule has 4 rings (SSSR count). The van der Waals surface area contributed by atoms with E-state index in [9.17, 15) is 4.79 Å². The molecule has 27 heavy (non-hydrogen) atoms. The van der Waals surface area contributed by atoms with Crippen LogP contribution in [-0.2, 0) is 11.3 Å². The third-order valence-electron chi connectivity index (χ3n) is 6.09. The van der Waals surface area contributed by atoms with Crippen LogP contribution in [0.3, 0.4) is 0 Å². The number of piperazine rings is 1. The highest BCUT2D eigenvalue weighted by Crippen LogP contribution is 2.32. The van der Waals surface area contributed by atoms with Gasteiger partial charge in [0.1, 0.15) is 0 Å². The fourth-order valence-electron chi connectivity index (χ4n) is 4.15. The molecule has 0 radical (unpaired) electrons. The quantitative estimate of drug-likeness (QED) is 0.792. The number of rotatable bonds is 5. The van der Waals surface area contributed by atoms with Gasteiger partial charge in [0.25, 0.3) is 0 Å². The summed E-state index contributed by atoms with van der Waals surface area (Å²) in [6, 6.07) is 6.16. The highest BCUT2D eigenvalue weighted by atomic mass is 16.7. The number of ether oxygens (including phenoxy) is 2. The van der Waals surface area contributed by atoms with E-state index < -0.39 is 0 Å². The Labute approximate surface area is 162 Å². The van der Waals surface area contributed by atoms with Crippen molar-refractivity contribution in [3.05, 3.63) is 23.8 Å². The predicted octanol–water partition coefficient (Wildman–Crippen LogP) is 2.18. The van der Waals surface area contributed by atoms with Gasteiger partial charge in [0.2, 0.25) is 12.7 Å². The summed E-state index contributed by atoms with van der Waals surface area (Å²) in [7, 11) is 0. The Morgan fingerprint density at radius 2 is 1.74 bits per heavy atom. The van der Waals surface area contributed by atoms with E-state index in [1.165, 1.54) is 18.4 Å². The van der Waals surface area contributed by atoms with Crippen LogP contribution in [0.5, 0.6) is 11.5 Å². The molecule has 1 aromatic rings. The van der Waals surface area contributed by atoms with E-state index in [4.69, 9.17) is 9.47 Å². The molecule has 3 heterocycles. The normalized spacial score (nSPS) is 21.6. The molecule has 1 amide bonds. The van der Waals surface area contributed by atoms with Crippen LogP contribution < -0.4 is 9.47 Å². The van der Waals surface area contributed by atoms with Crippen LogP contribution in [0.15, 0.2) is 18.2 Å². The second kappa shape index (κ2) is 8.48. The van der Waals surface area contributed by atoms with E-state index >= 15 is 0 Å². The molecule has 6 nitrogen and oxygen atoms in total. The molecule has 2 fully saturated rings. The van der Waals surface area contributed by atoms with Crippen LogP contribution in [-0.4, -0.2) is 73.2 Å². The van der Waals surface area contributed by atoms with Gasteiger partial charge in [-0.1, -0.05) is 13.0 Å². The molecule has 3 aliphatic heterocycles. The Hall–Kier alpha value is -1.79. The van der Waals surface area contributed by atoms with Crippen molar-refractivity contribution in [2.75, 3.05) is 52.6 Å². The number of fused-ring (bicyclic) bond motifs is 1. The average Bonchev–Trinajstić information content (AvgIpc) is 3.16. The third kappa shape index (κ3) is 4.74. The average molecular weight is 373 g/mol. The fraction of sp³-hybridized carbons (Fsp3) is 0.667. The van der Waals surface area contributed by atoms with Crippen LogP contribution in [0, 0.1) is 5.92 Å². The van der Waals surface area contributed by atoms with E-state index in [0.717, 1.165) is 69.8 Å². The lowest BCUT2D eigenvalue weighted by Gasteiger charge is -2.35. The van der Waals surface area contributed by atoms with Crippen LogP contribution >= 0.6 is 0 Å². The molecular formula is C21H31N3O3. The van der Waals surface area contributed by atoms with Crippen molar-refractivity contribution < 1.29 is 14.3 Å². The summed E-state index contributed by atoms with van der Waals surface area (Å²) in [5, 5.41) is 0. The predicted molar refractivity (Wildman–Crippen MR) is 104 cm³/mol. The Balaban J connectivity index is 1.19. The molecule has 0 N–H and O–H groups in total. The van der Waals surface area contributed by atoms with E-state index in [2.05, 4.69) is 28.9 Å². The van der Waals surface area contributed by atoms with E-state index in [0.29, 0.717) is 19.1 Å². The zero-order valence-corrected chi connectivity index (χ0v) is 16.4. The van der Waals surface area contributed by atoms with E-state index in [-0.39, 0.29) is 0 Å². The van der Waals surface area contributed by atoms with Gasteiger partial charge in [0.05, 0.1) is 0 Å². The highest BCUT2D eigenvalue weighted by Gasteiger charge is 2.23. The van der Waals surface area contributed by atoms with Crippen molar-refractivity contribution in [3.8, 4) is 11.5 Å². The standard InChI is InChI=1S/C21H31N3O3/c1-17-4-7-22(8-5-17)9-6-21(25)24-12-10-23(11-13-24)15-18-2-3-19-20(14-18)27-16-26-19/h2-3,14,17H,4-13,15-16H2,1H3. The third-order valence-corrected chi connectivity index (χ3v) is 6.09. The zero-order chi connectivity index (χ0) is 18.6. The number of carbonyl (C=O) groups excluding carboxylic acids is 1. The summed E-state index contributed by atoms with van der Waals surface area (Å²) in [6.07, 6.45) is 3.20. The van der Waals surface area contributed by atoms with E-state index in [1.807, 2.05) is 11.0 Å². The Morgan fingerprint density at radius 1 is 1.00 bits per heavy atom. The molecule has 3 aliphatic rings. The molecule has 2 saturated heterocycles. The molecule has 1 aromatic carbocycles. The Morgan fingerprint density at radius 3 is 2.52 bits per heavy atom. The molecule has 0 spiro atoms. The molecule has 0 atom stereocenters. The topological polar surface area (TPSA) is 45.3 Å². The first-order valence-electron chi connectivity index (χ1n) is 10.3. The first kappa shape index (κ1) is 18.6. The lowest BCUT2D eigenvalue weighted by molar-refractivity contribution is -0.133. The molecule has 148 valence electrons. The maximum absolute atomic E-state index is 12.5. The zero-order valence-electron chi connectivity index (χ0n) is 16.4. The van der Waals surface area contributed by atoms with Crippen LogP contribution in [0.25, 0.3) is 0 Å². The minimum atomic E-state index is 0.316. The van der Waals surface area contributed by atoms with Gasteiger partial charge in [0, 0.05) is 45.7 Å². The monoisotopic (exact) mass is 373 g/mol. The molecule has 0 aromatic heterocycles. The summed E-state index contributed by atoms with van der Waals surface area (Å²) in [5.74, 6) is 2.83. The van der Waals surface area contributed by atoms with Crippen LogP contribution in [0.2, 0.25) is 0 Å². The number of piperidine rings is 1. The molecule has 0 aliphatic carbocycles. The molecule has 0 bridgehead atoms. The van der Waals surface area contributed by atoms with E-state index in [1.54, 1.807) is 0 Å². The van der Waals surface area contributed by atoms with Gasteiger partial charge in [-0.05, 0) is 49.5 Å². The number of likely N-dealkylation sites (tertiary alicyclic amines) is 1. The van der Waals surface area contributed by atoms with Crippen LogP contribution in [0.1, 0.15) is 31.7 Å². The Kier molecular flexibility index (Phi) is 5.83. The van der Waals surface area contributed by atoms with Crippen LogP contribution in [0.4, 0.5) is 0 Å². The van der Waals surface area contributed by atoms with Gasteiger partial charge in [0.15, 0.2) is 11.5 Å². The number of amides is 1. The van der Waals surface area contributed by atoms with Gasteiger partial charge >= 0.3 is 0 Å². The summed E-state index contributed by atoms with van der Waals surface area (Å²) < 4.78 is 10.8. The lowest BCUT2D eigenvalue weighted by atomic mass is 9.99. The SMILES string of the molecule is CC1CCN(CCC(=O)N2CCN(Cc3ccc4c(c3)OCO4)CC2)CC1. The summed E-state index contributed by atoms with van der Waals surface area (Å²) in [6.45, 7) is 10.3. The number of carbonyl (C=O) groups is 1. The summed E-state index contributed by atoms with van der Waals surface area (Å²) in [5.41, 5.74) is 1.23. The molecule has 0 saturated carbocycles. The molecular weight excluding hydrogens is 342 g/mol. The van der Waals surface area contributed by atoms with Crippen molar-refractivity contribution in [1.82, 2.24) is 14.7 Å².